The number of thiophene rings is 1. The highest BCUT2D eigenvalue weighted by molar-refractivity contribution is 7.91. The fraction of sp³-hybridized carbons (Fsp3) is 0.600. The van der Waals surface area contributed by atoms with Crippen LogP contribution in [0, 0.1) is 6.92 Å². The standard InChI is InChI=1S/C10H16N2O3S2/c1-7-2-3-10(16-7)17(14,15)12-8-4-5-11-6-9(8)13/h2-3,8-9,11-13H,4-6H2,1H3/t8-,9-/m1/s1. The van der Waals surface area contributed by atoms with Gasteiger partial charge in [-0.25, -0.2) is 13.1 Å². The maximum atomic E-state index is 12.0. The van der Waals surface area contributed by atoms with E-state index in [1.165, 1.54) is 11.3 Å². The predicted octanol–water partition coefficient (Wildman–Crippen LogP) is 0.0576. The smallest absolute Gasteiger partial charge is 0.250 e. The van der Waals surface area contributed by atoms with E-state index in [4.69, 9.17) is 0 Å². The number of nitrogens with one attached hydrogen (secondary N) is 2. The molecule has 1 aliphatic rings. The summed E-state index contributed by atoms with van der Waals surface area (Å²) in [4.78, 5) is 0.955. The number of aliphatic hydroxyl groups is 1. The summed E-state index contributed by atoms with van der Waals surface area (Å²) in [6.45, 7) is 3.01. The maximum Gasteiger partial charge on any atom is 0.250 e. The average Bonchev–Trinajstić information content (AvgIpc) is 2.69. The van der Waals surface area contributed by atoms with Crippen LogP contribution in [0.5, 0.6) is 0 Å². The number of hydrogen-bond donors (Lipinski definition) is 3. The van der Waals surface area contributed by atoms with Gasteiger partial charge in [0.05, 0.1) is 12.1 Å². The lowest BCUT2D eigenvalue weighted by molar-refractivity contribution is 0.113. The minimum absolute atomic E-state index is 0.306. The summed E-state index contributed by atoms with van der Waals surface area (Å²) in [6, 6.07) is 2.97. The van der Waals surface area contributed by atoms with Crippen molar-refractivity contribution in [3.05, 3.63) is 17.0 Å². The van der Waals surface area contributed by atoms with Gasteiger partial charge in [0.2, 0.25) is 10.0 Å². The topological polar surface area (TPSA) is 78.4 Å². The van der Waals surface area contributed by atoms with Gasteiger partial charge in [0.25, 0.3) is 0 Å². The number of piperidine rings is 1. The lowest BCUT2D eigenvalue weighted by Gasteiger charge is -2.28. The van der Waals surface area contributed by atoms with Crippen LogP contribution in [0.2, 0.25) is 0 Å². The molecule has 0 aliphatic carbocycles. The second-order valence-corrected chi connectivity index (χ2v) is 7.38. The zero-order valence-corrected chi connectivity index (χ0v) is 11.1. The Hall–Kier alpha value is -0.470. The summed E-state index contributed by atoms with van der Waals surface area (Å²) in [5.74, 6) is 0. The van der Waals surface area contributed by atoms with Gasteiger partial charge in [0.1, 0.15) is 4.21 Å². The molecule has 1 aromatic heterocycles. The summed E-state index contributed by atoms with van der Waals surface area (Å²) in [6.07, 6.45) is -0.0651. The van der Waals surface area contributed by atoms with Gasteiger partial charge < -0.3 is 10.4 Å². The minimum atomic E-state index is -3.49. The van der Waals surface area contributed by atoms with Crippen LogP contribution < -0.4 is 10.0 Å². The quantitative estimate of drug-likeness (QED) is 0.729. The molecule has 0 aromatic carbocycles. The molecule has 0 amide bonds. The molecule has 2 heterocycles. The first kappa shape index (κ1) is 13.0. The van der Waals surface area contributed by atoms with Gasteiger partial charge in [0, 0.05) is 11.4 Å². The van der Waals surface area contributed by atoms with Gasteiger partial charge in [-0.1, -0.05) is 0 Å². The van der Waals surface area contributed by atoms with E-state index in [0.29, 0.717) is 23.7 Å². The average molecular weight is 276 g/mol. The zero-order valence-electron chi connectivity index (χ0n) is 9.51. The Labute approximate surface area is 105 Å². The Morgan fingerprint density at radius 1 is 1.53 bits per heavy atom. The van der Waals surface area contributed by atoms with Crippen molar-refractivity contribution in [3.8, 4) is 0 Å². The van der Waals surface area contributed by atoms with Gasteiger partial charge in [-0.2, -0.15) is 0 Å². The van der Waals surface area contributed by atoms with Crippen LogP contribution in [0.15, 0.2) is 16.3 Å². The van der Waals surface area contributed by atoms with Crippen LogP contribution in [-0.4, -0.2) is 38.8 Å². The Balaban J connectivity index is 2.11. The highest BCUT2D eigenvalue weighted by Crippen LogP contribution is 2.21. The molecule has 1 aliphatic heterocycles. The Morgan fingerprint density at radius 2 is 2.29 bits per heavy atom. The molecule has 1 aromatic rings. The van der Waals surface area contributed by atoms with Crippen LogP contribution in [0.25, 0.3) is 0 Å². The van der Waals surface area contributed by atoms with Gasteiger partial charge in [-0.15, -0.1) is 11.3 Å². The first-order chi connectivity index (χ1) is 7.99. The van der Waals surface area contributed by atoms with Crippen LogP contribution in [-0.2, 0) is 10.0 Å². The van der Waals surface area contributed by atoms with E-state index in [1.807, 2.05) is 6.92 Å². The zero-order chi connectivity index (χ0) is 12.5. The molecule has 2 rings (SSSR count). The number of β-amino-alcohol motifs (C(OH)–C–C–N with tert-alkyl or cyclic N) is 1. The van der Waals surface area contributed by atoms with E-state index in [-0.39, 0.29) is 0 Å². The molecule has 1 saturated heterocycles. The van der Waals surface area contributed by atoms with Crippen LogP contribution in [0.3, 0.4) is 0 Å². The number of aryl methyl sites for hydroxylation is 1. The largest absolute Gasteiger partial charge is 0.390 e. The second kappa shape index (κ2) is 5.03. The summed E-state index contributed by atoms with van der Waals surface area (Å²) >= 11 is 1.24. The number of hydrogen-bond acceptors (Lipinski definition) is 5. The highest BCUT2D eigenvalue weighted by Gasteiger charge is 2.28. The molecule has 0 spiro atoms. The van der Waals surface area contributed by atoms with Gasteiger partial charge in [0.15, 0.2) is 0 Å². The third-order valence-corrected chi connectivity index (χ3v) is 5.72. The molecule has 7 heteroatoms. The molecule has 0 unspecified atom stereocenters. The van der Waals surface area contributed by atoms with E-state index in [1.54, 1.807) is 12.1 Å². The number of sulfonamides is 1. The Kier molecular flexibility index (Phi) is 3.84. The van der Waals surface area contributed by atoms with Gasteiger partial charge in [-0.3, -0.25) is 0 Å². The van der Waals surface area contributed by atoms with Crippen molar-refractivity contribution in [3.63, 3.8) is 0 Å². The van der Waals surface area contributed by atoms with Crippen LogP contribution in [0.4, 0.5) is 0 Å². The van der Waals surface area contributed by atoms with Crippen molar-refractivity contribution in [1.82, 2.24) is 10.0 Å². The molecule has 0 bridgehead atoms. The number of aliphatic hydroxyl groups excluding tert-OH is 1. The van der Waals surface area contributed by atoms with E-state index >= 15 is 0 Å². The highest BCUT2D eigenvalue weighted by atomic mass is 32.2. The molecule has 0 saturated carbocycles. The third-order valence-electron chi connectivity index (χ3n) is 2.74. The monoisotopic (exact) mass is 276 g/mol. The first-order valence-electron chi connectivity index (χ1n) is 5.46. The molecular weight excluding hydrogens is 260 g/mol. The molecule has 96 valence electrons. The molecule has 0 radical (unpaired) electrons. The molecule has 3 N–H and O–H groups in total. The molecule has 5 nitrogen and oxygen atoms in total. The predicted molar refractivity (Wildman–Crippen MR) is 66.7 cm³/mol. The molecule has 1 fully saturated rings. The summed E-state index contributed by atoms with van der Waals surface area (Å²) in [5, 5.41) is 12.7. The second-order valence-electron chi connectivity index (χ2n) is 4.15. The molecule has 2 atom stereocenters. The Morgan fingerprint density at radius 3 is 2.88 bits per heavy atom. The van der Waals surface area contributed by atoms with Crippen molar-refractivity contribution in [2.45, 2.75) is 29.7 Å². The SMILES string of the molecule is Cc1ccc(S(=O)(=O)N[C@@H]2CCNC[C@H]2O)s1. The van der Waals surface area contributed by atoms with Crippen LogP contribution in [0.1, 0.15) is 11.3 Å². The van der Waals surface area contributed by atoms with Crippen molar-refractivity contribution in [2.75, 3.05) is 13.1 Å². The summed E-state index contributed by atoms with van der Waals surface area (Å²) in [7, 11) is -3.49. The van der Waals surface area contributed by atoms with E-state index in [2.05, 4.69) is 10.0 Å². The summed E-state index contributed by atoms with van der Waals surface area (Å²) in [5.41, 5.74) is 0. The van der Waals surface area contributed by atoms with Gasteiger partial charge >= 0.3 is 0 Å². The van der Waals surface area contributed by atoms with E-state index in [9.17, 15) is 13.5 Å². The van der Waals surface area contributed by atoms with Crippen molar-refractivity contribution < 1.29 is 13.5 Å². The van der Waals surface area contributed by atoms with Gasteiger partial charge in [-0.05, 0) is 32.0 Å². The van der Waals surface area contributed by atoms with E-state index in [0.717, 1.165) is 4.88 Å². The summed E-state index contributed by atoms with van der Waals surface area (Å²) < 4.78 is 26.9. The lowest BCUT2D eigenvalue weighted by atomic mass is 10.1. The normalized spacial score (nSPS) is 26.0. The minimum Gasteiger partial charge on any atom is -0.390 e. The Bertz CT molecular complexity index is 483. The van der Waals surface area contributed by atoms with Crippen molar-refractivity contribution >= 4 is 21.4 Å². The molecular formula is C10H16N2O3S2. The van der Waals surface area contributed by atoms with Crippen molar-refractivity contribution in [1.29, 1.82) is 0 Å². The lowest BCUT2D eigenvalue weighted by Crippen LogP contribution is -2.52. The van der Waals surface area contributed by atoms with E-state index < -0.39 is 22.2 Å². The fourth-order valence-corrected chi connectivity index (χ4v) is 4.40. The number of rotatable bonds is 3. The fourth-order valence-electron chi connectivity index (χ4n) is 1.79. The molecule has 17 heavy (non-hydrogen) atoms. The maximum absolute atomic E-state index is 12.0. The third kappa shape index (κ3) is 3.05. The van der Waals surface area contributed by atoms with Crippen molar-refractivity contribution in [2.24, 2.45) is 0 Å². The van der Waals surface area contributed by atoms with Crippen LogP contribution >= 0.6 is 11.3 Å². The first-order valence-corrected chi connectivity index (χ1v) is 7.76.